The Morgan fingerprint density at radius 1 is 0.388 bits per heavy atom. The normalized spacial score (nSPS) is 13.8. The molecule has 0 rings (SSSR count). The number of nitrogens with two attached hydrogens (primary N) is 1. The predicted octanol–water partition coefficient (Wildman–Crippen LogP) is 21.1. The van der Waals surface area contributed by atoms with Crippen molar-refractivity contribution in [3.8, 4) is 0 Å². The van der Waals surface area contributed by atoms with Crippen molar-refractivity contribution in [1.29, 1.82) is 0 Å². The molecule has 80 heavy (non-hydrogen) atoms. The van der Waals surface area contributed by atoms with Crippen LogP contribution in [0.2, 0.25) is 0 Å². The molecule has 0 radical (unpaired) electrons. The highest BCUT2D eigenvalue weighted by atomic mass is 31.2. The van der Waals surface area contributed by atoms with Gasteiger partial charge in [-0.15, -0.1) is 0 Å². The zero-order valence-corrected chi connectivity index (χ0v) is 52.2. The largest absolute Gasteiger partial charge is 0.472 e. The second-order valence-electron chi connectivity index (χ2n) is 21.3. The van der Waals surface area contributed by atoms with Crippen molar-refractivity contribution in [2.24, 2.45) is 5.73 Å². The zero-order valence-electron chi connectivity index (χ0n) is 51.3. The van der Waals surface area contributed by atoms with E-state index < -0.39 is 26.5 Å². The fourth-order valence-corrected chi connectivity index (χ4v) is 9.61. The Morgan fingerprint density at radius 3 is 1.02 bits per heavy atom. The van der Waals surface area contributed by atoms with Crippen LogP contribution in [0.4, 0.5) is 0 Å². The van der Waals surface area contributed by atoms with Crippen molar-refractivity contribution >= 4 is 19.8 Å². The average Bonchev–Trinajstić information content (AvgIpc) is 3.45. The van der Waals surface area contributed by atoms with Crippen LogP contribution >= 0.6 is 7.82 Å². The second kappa shape index (κ2) is 64.6. The molecule has 0 heterocycles. The van der Waals surface area contributed by atoms with Gasteiger partial charge in [0.15, 0.2) is 6.10 Å². The molecule has 0 aromatic heterocycles. The third-order valence-corrected chi connectivity index (χ3v) is 14.6. The Balaban J connectivity index is 4.00. The van der Waals surface area contributed by atoms with Crippen LogP contribution in [0.3, 0.4) is 0 Å². The molecule has 0 aliphatic rings. The number of hydrogen-bond acceptors (Lipinski definition) is 8. The molecule has 0 aromatic carbocycles. The van der Waals surface area contributed by atoms with Gasteiger partial charge in [0.05, 0.1) is 13.2 Å². The maximum atomic E-state index is 12.7. The molecule has 2 atom stereocenters. The lowest BCUT2D eigenvalue weighted by Gasteiger charge is -2.19. The van der Waals surface area contributed by atoms with Crippen molar-refractivity contribution in [1.82, 2.24) is 0 Å². The summed E-state index contributed by atoms with van der Waals surface area (Å²) in [6, 6.07) is 0. The minimum atomic E-state index is -4.40. The summed E-state index contributed by atoms with van der Waals surface area (Å²) in [4.78, 5) is 35.3. The molecule has 0 aliphatic carbocycles. The smallest absolute Gasteiger partial charge is 0.462 e. The second-order valence-corrected chi connectivity index (χ2v) is 22.7. The van der Waals surface area contributed by atoms with E-state index >= 15 is 0 Å². The van der Waals surface area contributed by atoms with E-state index in [1.165, 1.54) is 122 Å². The number of ether oxygens (including phenoxy) is 2. The van der Waals surface area contributed by atoms with Gasteiger partial charge in [0.25, 0.3) is 0 Å². The van der Waals surface area contributed by atoms with E-state index in [4.69, 9.17) is 24.3 Å². The number of phosphoric acid groups is 1. The average molecular weight is 1130 g/mol. The summed E-state index contributed by atoms with van der Waals surface area (Å²) >= 11 is 0. The van der Waals surface area contributed by atoms with Gasteiger partial charge in [-0.3, -0.25) is 18.6 Å². The van der Waals surface area contributed by atoms with Crippen LogP contribution in [0.15, 0.2) is 122 Å². The van der Waals surface area contributed by atoms with Gasteiger partial charge in [-0.2, -0.15) is 0 Å². The Morgan fingerprint density at radius 2 is 0.688 bits per heavy atom. The van der Waals surface area contributed by atoms with E-state index in [-0.39, 0.29) is 38.6 Å². The number of rotatable bonds is 60. The summed E-state index contributed by atoms with van der Waals surface area (Å²) in [5.41, 5.74) is 5.39. The summed E-state index contributed by atoms with van der Waals surface area (Å²) in [5.74, 6) is -0.842. The molecule has 0 aromatic rings. The highest BCUT2D eigenvalue weighted by Crippen LogP contribution is 2.43. The van der Waals surface area contributed by atoms with Crippen molar-refractivity contribution in [3.63, 3.8) is 0 Å². The first kappa shape index (κ1) is 76.4. The third-order valence-electron chi connectivity index (χ3n) is 13.6. The number of carbonyl (C=O) groups excluding carboxylic acids is 2. The van der Waals surface area contributed by atoms with Gasteiger partial charge in [-0.25, -0.2) is 4.57 Å². The van der Waals surface area contributed by atoms with Crippen LogP contribution in [0.5, 0.6) is 0 Å². The molecule has 3 N–H and O–H groups in total. The fourth-order valence-electron chi connectivity index (χ4n) is 8.84. The minimum Gasteiger partial charge on any atom is -0.462 e. The SMILES string of the molecule is CC/C=C\C/C=C\C/C=C\C/C=C\C/C=C\C/C=C\C/C=C\C/C=C\C/C=C\C/C=C\CCCCCCCCC(=O)OC(COC(=O)CCCCCCCCCCCCCCCCCCCCCCCC)COP(=O)(O)OCCN. The lowest BCUT2D eigenvalue weighted by Crippen LogP contribution is -2.29. The molecule has 0 spiro atoms. The number of phosphoric ester groups is 1. The maximum Gasteiger partial charge on any atom is 0.472 e. The standard InChI is InChI=1S/C70H120NO8P/c1-3-5-7-9-11-13-15-17-19-21-23-25-27-28-29-30-31-32-33-34-35-36-37-38-39-40-41-43-45-47-49-51-53-55-57-59-61-63-70(73)79-68(67-78-80(74,75)77-65-64-71)66-76-69(72)62-60-58-56-54-52-50-48-46-44-42-26-24-22-20-18-16-14-12-10-8-6-4-2/h5,7,11,13,17,19,23,25,28-29,31-32,34-35,37-38,40-41,45,47,68H,3-4,6,8-10,12,14-16,18,20-22,24,26-27,30,33,36,39,42-44,46,48-67,71H2,1-2H3,(H,74,75)/b7-5-,13-11-,19-17-,25-23-,29-28-,32-31-,35-34-,38-37-,41-40-,47-45-. The zero-order chi connectivity index (χ0) is 58.0. The molecule has 458 valence electrons. The van der Waals surface area contributed by atoms with Crippen LogP contribution in [0.25, 0.3) is 0 Å². The summed E-state index contributed by atoms with van der Waals surface area (Å²) in [6.45, 7) is 3.63. The summed E-state index contributed by atoms with van der Waals surface area (Å²) in [6.07, 6.45) is 89.8. The molecule has 10 heteroatoms. The lowest BCUT2D eigenvalue weighted by molar-refractivity contribution is -0.161. The van der Waals surface area contributed by atoms with Crippen LogP contribution in [0.1, 0.15) is 277 Å². The van der Waals surface area contributed by atoms with E-state index in [2.05, 4.69) is 135 Å². The number of esters is 2. The fraction of sp³-hybridized carbons (Fsp3) is 0.686. The first-order chi connectivity index (χ1) is 39.3. The minimum absolute atomic E-state index is 0.0463. The molecule has 0 fully saturated rings. The number of allylic oxidation sites excluding steroid dienone is 20. The molecule has 0 amide bonds. The van der Waals surface area contributed by atoms with E-state index in [0.29, 0.717) is 6.42 Å². The third kappa shape index (κ3) is 63.6. The molecular weight excluding hydrogens is 1010 g/mol. The molecule has 0 aliphatic heterocycles. The topological polar surface area (TPSA) is 134 Å². The van der Waals surface area contributed by atoms with Crippen LogP contribution < -0.4 is 5.73 Å². The first-order valence-corrected chi connectivity index (χ1v) is 34.0. The quantitative estimate of drug-likeness (QED) is 0.0264. The Labute approximate surface area is 491 Å². The number of hydrogen-bond donors (Lipinski definition) is 2. The van der Waals surface area contributed by atoms with Crippen LogP contribution in [-0.4, -0.2) is 49.3 Å². The lowest BCUT2D eigenvalue weighted by atomic mass is 10.0. The summed E-state index contributed by atoms with van der Waals surface area (Å²) in [5, 5.41) is 0. The Kier molecular flexibility index (Phi) is 61.7. The Hall–Kier alpha value is -3.59. The van der Waals surface area contributed by atoms with Crippen molar-refractivity contribution in [2.75, 3.05) is 26.4 Å². The molecular formula is C70H120NO8P. The van der Waals surface area contributed by atoms with Gasteiger partial charge in [0.1, 0.15) is 6.61 Å². The van der Waals surface area contributed by atoms with E-state index in [0.717, 1.165) is 122 Å². The predicted molar refractivity (Wildman–Crippen MR) is 344 cm³/mol. The van der Waals surface area contributed by atoms with E-state index in [1.54, 1.807) is 0 Å². The summed E-state index contributed by atoms with van der Waals surface area (Å²) < 4.78 is 33.1. The first-order valence-electron chi connectivity index (χ1n) is 32.5. The highest BCUT2D eigenvalue weighted by molar-refractivity contribution is 7.47. The number of unbranched alkanes of at least 4 members (excludes halogenated alkanes) is 27. The van der Waals surface area contributed by atoms with Crippen molar-refractivity contribution in [3.05, 3.63) is 122 Å². The molecule has 0 saturated heterocycles. The van der Waals surface area contributed by atoms with Gasteiger partial charge in [0, 0.05) is 19.4 Å². The Bertz CT molecular complexity index is 1720. The summed E-state index contributed by atoms with van der Waals surface area (Å²) in [7, 11) is -4.40. The van der Waals surface area contributed by atoms with E-state index in [1.807, 2.05) is 0 Å². The van der Waals surface area contributed by atoms with Gasteiger partial charge >= 0.3 is 19.8 Å². The highest BCUT2D eigenvalue weighted by Gasteiger charge is 2.26. The van der Waals surface area contributed by atoms with Gasteiger partial charge in [-0.05, 0) is 89.9 Å². The van der Waals surface area contributed by atoms with Gasteiger partial charge in [0.2, 0.25) is 0 Å². The van der Waals surface area contributed by atoms with Crippen molar-refractivity contribution in [2.45, 2.75) is 283 Å². The number of carbonyl (C=O) groups is 2. The molecule has 0 bridgehead atoms. The van der Waals surface area contributed by atoms with E-state index in [9.17, 15) is 19.0 Å². The van der Waals surface area contributed by atoms with Crippen LogP contribution in [-0.2, 0) is 32.7 Å². The van der Waals surface area contributed by atoms with Gasteiger partial charge in [-0.1, -0.05) is 296 Å². The molecule has 9 nitrogen and oxygen atoms in total. The van der Waals surface area contributed by atoms with Crippen LogP contribution in [0, 0.1) is 0 Å². The van der Waals surface area contributed by atoms with Crippen molar-refractivity contribution < 1.29 is 37.6 Å². The monoisotopic (exact) mass is 1130 g/mol. The van der Waals surface area contributed by atoms with Gasteiger partial charge < -0.3 is 20.1 Å². The maximum absolute atomic E-state index is 12.7. The molecule has 0 saturated carbocycles. The molecule has 2 unspecified atom stereocenters.